The molecule has 0 radical (unpaired) electrons. The van der Waals surface area contributed by atoms with E-state index < -0.39 is 0 Å². The number of para-hydroxylation sites is 2. The summed E-state index contributed by atoms with van der Waals surface area (Å²) in [5, 5.41) is 2.74. The second-order valence-corrected chi connectivity index (χ2v) is 5.45. The van der Waals surface area contributed by atoms with Gasteiger partial charge in [-0.1, -0.05) is 12.1 Å². The molecule has 3 N–H and O–H groups in total. The van der Waals surface area contributed by atoms with Gasteiger partial charge >= 0.3 is 5.69 Å². The fourth-order valence-corrected chi connectivity index (χ4v) is 2.51. The second kappa shape index (κ2) is 6.04. The Kier molecular flexibility index (Phi) is 3.59. The van der Waals surface area contributed by atoms with E-state index in [1.54, 1.807) is 30.5 Å². The number of anilines is 1. The van der Waals surface area contributed by atoms with Gasteiger partial charge in [-0.3, -0.25) is 9.78 Å². The molecule has 4 rings (SSSR count). The van der Waals surface area contributed by atoms with Gasteiger partial charge in [0, 0.05) is 11.8 Å². The van der Waals surface area contributed by atoms with Crippen LogP contribution in [0.15, 0.2) is 59.5 Å². The zero-order valence-corrected chi connectivity index (χ0v) is 13.0. The standard InChI is InChI=1S/C18H13N5O2/c24-17(21-11-5-7-15-16(9-11)23-18(25)22-15)8-6-12-10-19-13-3-1-2-4-14(13)20-12/h1-10H,(H,21,24)(H2,22,23,25)/b8-6+. The van der Waals surface area contributed by atoms with Crippen molar-refractivity contribution in [3.05, 3.63) is 70.9 Å². The van der Waals surface area contributed by atoms with Crippen molar-refractivity contribution >= 4 is 39.7 Å². The highest BCUT2D eigenvalue weighted by atomic mass is 16.1. The van der Waals surface area contributed by atoms with Crippen molar-refractivity contribution in [3.63, 3.8) is 0 Å². The molecule has 7 heteroatoms. The number of nitrogens with zero attached hydrogens (tertiary/aromatic N) is 2. The van der Waals surface area contributed by atoms with Crippen molar-refractivity contribution in [2.45, 2.75) is 0 Å². The lowest BCUT2D eigenvalue weighted by Crippen LogP contribution is -2.07. The third kappa shape index (κ3) is 3.16. The van der Waals surface area contributed by atoms with Crippen molar-refractivity contribution in [1.82, 2.24) is 19.9 Å². The maximum atomic E-state index is 12.1. The summed E-state index contributed by atoms with van der Waals surface area (Å²) in [5.74, 6) is -0.299. The number of fused-ring (bicyclic) bond motifs is 2. The van der Waals surface area contributed by atoms with Crippen LogP contribution in [0.4, 0.5) is 5.69 Å². The average molecular weight is 331 g/mol. The second-order valence-electron chi connectivity index (χ2n) is 5.45. The molecule has 0 unspecified atom stereocenters. The zero-order valence-electron chi connectivity index (χ0n) is 13.0. The van der Waals surface area contributed by atoms with Crippen LogP contribution in [0.5, 0.6) is 0 Å². The van der Waals surface area contributed by atoms with Gasteiger partial charge in [0.1, 0.15) is 0 Å². The Labute approximate surface area is 141 Å². The number of hydrogen-bond acceptors (Lipinski definition) is 4. The van der Waals surface area contributed by atoms with E-state index in [0.717, 1.165) is 11.0 Å². The maximum Gasteiger partial charge on any atom is 0.323 e. The molecule has 0 atom stereocenters. The summed E-state index contributed by atoms with van der Waals surface area (Å²) >= 11 is 0. The average Bonchev–Trinajstić information content (AvgIpc) is 2.99. The maximum absolute atomic E-state index is 12.1. The van der Waals surface area contributed by atoms with Crippen LogP contribution in [0, 0.1) is 0 Å². The molecule has 0 saturated heterocycles. The molecule has 1 amide bonds. The van der Waals surface area contributed by atoms with Crippen LogP contribution >= 0.6 is 0 Å². The molecule has 122 valence electrons. The van der Waals surface area contributed by atoms with Gasteiger partial charge in [0.2, 0.25) is 5.91 Å². The number of amides is 1. The first-order chi connectivity index (χ1) is 12.2. The largest absolute Gasteiger partial charge is 0.323 e. The molecular weight excluding hydrogens is 318 g/mol. The summed E-state index contributed by atoms with van der Waals surface area (Å²) in [6.45, 7) is 0. The van der Waals surface area contributed by atoms with Crippen LogP contribution in [-0.4, -0.2) is 25.8 Å². The first-order valence-electron chi connectivity index (χ1n) is 7.60. The minimum absolute atomic E-state index is 0.284. The summed E-state index contributed by atoms with van der Waals surface area (Å²) < 4.78 is 0. The molecule has 0 bridgehead atoms. The van der Waals surface area contributed by atoms with Crippen LogP contribution in [-0.2, 0) is 4.79 Å². The number of aromatic nitrogens is 4. The Morgan fingerprint density at radius 3 is 2.72 bits per heavy atom. The van der Waals surface area contributed by atoms with E-state index in [0.29, 0.717) is 22.4 Å². The predicted molar refractivity (Wildman–Crippen MR) is 96.1 cm³/mol. The number of hydrogen-bond donors (Lipinski definition) is 3. The summed E-state index contributed by atoms with van der Waals surface area (Å²) in [6, 6.07) is 12.7. The smallest absolute Gasteiger partial charge is 0.322 e. The molecule has 2 aromatic carbocycles. The number of aromatic amines is 2. The Morgan fingerprint density at radius 2 is 1.84 bits per heavy atom. The number of benzene rings is 2. The van der Waals surface area contributed by atoms with Crippen molar-refractivity contribution in [1.29, 1.82) is 0 Å². The third-order valence-corrected chi connectivity index (χ3v) is 3.66. The molecule has 25 heavy (non-hydrogen) atoms. The minimum Gasteiger partial charge on any atom is -0.322 e. The van der Waals surface area contributed by atoms with Gasteiger partial charge in [-0.15, -0.1) is 0 Å². The topological polar surface area (TPSA) is 104 Å². The molecule has 0 aliphatic heterocycles. The van der Waals surface area contributed by atoms with E-state index in [2.05, 4.69) is 25.3 Å². The van der Waals surface area contributed by atoms with E-state index in [4.69, 9.17) is 0 Å². The Balaban J connectivity index is 1.51. The molecule has 0 aliphatic rings. The zero-order chi connectivity index (χ0) is 17.2. The van der Waals surface area contributed by atoms with E-state index in [1.165, 1.54) is 6.08 Å². The predicted octanol–water partition coefficient (Wildman–Crippen LogP) is 2.45. The molecule has 4 aromatic rings. The van der Waals surface area contributed by atoms with Crippen LogP contribution in [0.25, 0.3) is 28.1 Å². The SMILES string of the molecule is O=C(/C=C/c1cnc2ccccc2n1)Nc1ccc2[nH]c(=O)[nH]c2c1. The molecule has 0 aliphatic carbocycles. The third-order valence-electron chi connectivity index (χ3n) is 3.66. The van der Waals surface area contributed by atoms with Gasteiger partial charge < -0.3 is 15.3 Å². The molecular formula is C18H13N5O2. The molecule has 0 fully saturated rings. The van der Waals surface area contributed by atoms with Crippen molar-refractivity contribution < 1.29 is 4.79 Å². The number of imidazole rings is 1. The van der Waals surface area contributed by atoms with Crippen molar-refractivity contribution in [3.8, 4) is 0 Å². The van der Waals surface area contributed by atoms with Crippen LogP contribution in [0.2, 0.25) is 0 Å². The Bertz CT molecular complexity index is 1170. The fraction of sp³-hybridized carbons (Fsp3) is 0. The molecule has 2 heterocycles. The van der Waals surface area contributed by atoms with Gasteiger partial charge in [0.15, 0.2) is 0 Å². The van der Waals surface area contributed by atoms with E-state index in [1.807, 2.05) is 24.3 Å². The van der Waals surface area contributed by atoms with Gasteiger partial charge in [-0.2, -0.15) is 0 Å². The van der Waals surface area contributed by atoms with Gasteiger partial charge in [0.25, 0.3) is 0 Å². The molecule has 0 spiro atoms. The lowest BCUT2D eigenvalue weighted by atomic mass is 10.2. The lowest BCUT2D eigenvalue weighted by molar-refractivity contribution is -0.111. The Morgan fingerprint density at radius 1 is 1.04 bits per heavy atom. The van der Waals surface area contributed by atoms with Gasteiger partial charge in [-0.25, -0.2) is 9.78 Å². The number of H-pyrrole nitrogens is 2. The van der Waals surface area contributed by atoms with E-state index >= 15 is 0 Å². The van der Waals surface area contributed by atoms with Crippen LogP contribution < -0.4 is 11.0 Å². The normalized spacial score (nSPS) is 11.4. The first-order valence-corrected chi connectivity index (χ1v) is 7.60. The highest BCUT2D eigenvalue weighted by molar-refractivity contribution is 6.02. The monoisotopic (exact) mass is 331 g/mol. The molecule has 0 saturated carbocycles. The summed E-state index contributed by atoms with van der Waals surface area (Å²) in [7, 11) is 0. The molecule has 2 aromatic heterocycles. The lowest BCUT2D eigenvalue weighted by Gasteiger charge is -2.02. The minimum atomic E-state index is -0.299. The quantitative estimate of drug-likeness (QED) is 0.502. The number of rotatable bonds is 3. The highest BCUT2D eigenvalue weighted by Crippen LogP contribution is 2.14. The van der Waals surface area contributed by atoms with Crippen LogP contribution in [0.1, 0.15) is 5.69 Å². The number of carbonyl (C=O) groups is 1. The van der Waals surface area contributed by atoms with E-state index in [-0.39, 0.29) is 11.6 Å². The highest BCUT2D eigenvalue weighted by Gasteiger charge is 2.03. The number of nitrogens with one attached hydrogen (secondary N) is 3. The first kappa shape index (κ1) is 14.8. The molecule has 7 nitrogen and oxygen atoms in total. The van der Waals surface area contributed by atoms with Crippen molar-refractivity contribution in [2.75, 3.05) is 5.32 Å². The Hall–Kier alpha value is -3.74. The summed E-state index contributed by atoms with van der Waals surface area (Å²) in [4.78, 5) is 37.3. The van der Waals surface area contributed by atoms with E-state index in [9.17, 15) is 9.59 Å². The van der Waals surface area contributed by atoms with Gasteiger partial charge in [0.05, 0.1) is 34.0 Å². The van der Waals surface area contributed by atoms with Crippen molar-refractivity contribution in [2.24, 2.45) is 0 Å². The fourth-order valence-electron chi connectivity index (χ4n) is 2.51. The van der Waals surface area contributed by atoms with Crippen LogP contribution in [0.3, 0.4) is 0 Å². The number of carbonyl (C=O) groups excluding carboxylic acids is 1. The summed E-state index contributed by atoms with van der Waals surface area (Å²) in [6.07, 6.45) is 4.61. The van der Waals surface area contributed by atoms with Gasteiger partial charge in [-0.05, 0) is 36.4 Å². The summed E-state index contributed by atoms with van der Waals surface area (Å²) in [5.41, 5.74) is 3.79.